The third-order valence-corrected chi connectivity index (χ3v) is 5.68. The molecule has 0 spiro atoms. The van der Waals surface area contributed by atoms with Crippen molar-refractivity contribution in [3.63, 3.8) is 0 Å². The monoisotopic (exact) mass is 374 g/mol. The predicted molar refractivity (Wildman–Crippen MR) is 88.7 cm³/mol. The van der Waals surface area contributed by atoms with E-state index < -0.39 is 28.7 Å². The summed E-state index contributed by atoms with van der Waals surface area (Å²) in [6, 6.07) is 7.31. The fraction of sp³-hybridized carbons (Fsp3) is 0.438. The summed E-state index contributed by atoms with van der Waals surface area (Å²) in [6.07, 6.45) is 0. The summed E-state index contributed by atoms with van der Waals surface area (Å²) in [6.45, 7) is 3.38. The van der Waals surface area contributed by atoms with E-state index in [4.69, 9.17) is 4.74 Å². The number of carbonyl (C=O) groups is 3. The van der Waals surface area contributed by atoms with Crippen LogP contribution in [-0.2, 0) is 14.4 Å². The molecule has 2 aliphatic rings. The Balaban J connectivity index is 0.00000169. The third-order valence-electron chi connectivity index (χ3n) is 4.10. The van der Waals surface area contributed by atoms with E-state index in [9.17, 15) is 19.5 Å². The maximum absolute atomic E-state index is 12.2. The molecule has 1 aromatic carbocycles. The number of benzene rings is 1. The van der Waals surface area contributed by atoms with Crippen molar-refractivity contribution in [2.24, 2.45) is 0 Å². The first-order valence-corrected chi connectivity index (χ1v) is 8.39. The molecule has 1 aromatic rings. The molecule has 130 valence electrons. The van der Waals surface area contributed by atoms with Gasteiger partial charge >= 0.3 is 35.5 Å². The van der Waals surface area contributed by atoms with Crippen molar-refractivity contribution in [1.82, 2.24) is 10.2 Å². The van der Waals surface area contributed by atoms with Crippen molar-refractivity contribution in [2.45, 2.75) is 36.1 Å². The van der Waals surface area contributed by atoms with E-state index >= 15 is 0 Å². The molecule has 2 heterocycles. The quantitative estimate of drug-likeness (QED) is 0.449. The average Bonchev–Trinajstić information content (AvgIpc) is 2.80. The van der Waals surface area contributed by atoms with Crippen molar-refractivity contribution >= 4 is 29.5 Å². The van der Waals surface area contributed by atoms with Gasteiger partial charge in [0.1, 0.15) is 23.2 Å². The second-order valence-electron chi connectivity index (χ2n) is 6.25. The van der Waals surface area contributed by atoms with Gasteiger partial charge in [0.15, 0.2) is 6.61 Å². The predicted octanol–water partition coefficient (Wildman–Crippen LogP) is -2.19. The Labute approximate surface area is 173 Å². The molecule has 0 aromatic heterocycles. The van der Waals surface area contributed by atoms with Gasteiger partial charge in [-0.2, -0.15) is 0 Å². The van der Waals surface area contributed by atoms with Crippen molar-refractivity contribution < 1.29 is 55.2 Å². The summed E-state index contributed by atoms with van der Waals surface area (Å²) in [5.74, 6) is -1.23. The average molecular weight is 374 g/mol. The molecule has 2 N–H and O–H groups in total. The minimum atomic E-state index is -1.03. The molecule has 2 amide bonds. The zero-order valence-corrected chi connectivity index (χ0v) is 17.1. The maximum Gasteiger partial charge on any atom is 1.00 e. The van der Waals surface area contributed by atoms with Gasteiger partial charge in [0.25, 0.3) is 5.91 Å². The second kappa shape index (κ2) is 7.57. The molecule has 9 heteroatoms. The van der Waals surface area contributed by atoms with Crippen LogP contribution in [0.15, 0.2) is 30.3 Å². The van der Waals surface area contributed by atoms with Gasteiger partial charge in [-0.25, -0.2) is 4.79 Å². The van der Waals surface area contributed by atoms with Crippen LogP contribution in [0.5, 0.6) is 5.75 Å². The number of β-lactam (4-membered cyclic amide) rings is 1. The normalized spacial score (nSPS) is 26.1. The van der Waals surface area contributed by atoms with E-state index in [0.717, 1.165) is 0 Å². The molecule has 0 unspecified atom stereocenters. The Bertz CT molecular complexity index is 690. The van der Waals surface area contributed by atoms with Gasteiger partial charge < -0.3 is 21.5 Å². The van der Waals surface area contributed by atoms with Crippen LogP contribution < -0.4 is 39.6 Å². The molecule has 2 saturated heterocycles. The van der Waals surface area contributed by atoms with Gasteiger partial charge in [-0.3, -0.25) is 9.59 Å². The molecule has 2 fully saturated rings. The molecule has 0 saturated carbocycles. The number of hydrogen-bond acceptors (Lipinski definition) is 5. The van der Waals surface area contributed by atoms with E-state index in [-0.39, 0.29) is 48.9 Å². The zero-order valence-electron chi connectivity index (χ0n) is 15.3. The molecule has 3 atom stereocenters. The standard InChI is InChI=1S/C16H18N2O5S.Na.H/c1-16(2)12(15(21)22)18-13(20)11(14(18)24-16)17-10(19)8-23-9-6-4-3-5-7-9;;/h3-7,11-12,14H,8H2,1-2H3,(H,17,19)(H,21,22);;/q;+1;-1/t11-,12+,14-;;/m1../s1. The summed E-state index contributed by atoms with van der Waals surface area (Å²) in [4.78, 5) is 37.0. The molecule has 0 radical (unpaired) electrons. The van der Waals surface area contributed by atoms with Gasteiger partial charge in [-0.1, -0.05) is 18.2 Å². The van der Waals surface area contributed by atoms with Crippen LogP contribution in [0.4, 0.5) is 0 Å². The summed E-state index contributed by atoms with van der Waals surface area (Å²) in [7, 11) is 0. The number of para-hydroxylation sites is 1. The number of carbonyl (C=O) groups excluding carboxylic acids is 2. The van der Waals surface area contributed by atoms with Crippen LogP contribution in [0.3, 0.4) is 0 Å². The van der Waals surface area contributed by atoms with E-state index in [1.165, 1.54) is 16.7 Å². The van der Waals surface area contributed by atoms with E-state index in [1.54, 1.807) is 38.1 Å². The van der Waals surface area contributed by atoms with Gasteiger partial charge in [0, 0.05) is 4.75 Å². The smallest absolute Gasteiger partial charge is 1.00 e. The van der Waals surface area contributed by atoms with E-state index in [0.29, 0.717) is 5.75 Å². The number of hydrogen-bond donors (Lipinski definition) is 2. The minimum Gasteiger partial charge on any atom is -1.00 e. The Hall–Kier alpha value is -1.22. The summed E-state index contributed by atoms with van der Waals surface area (Å²) in [5, 5.41) is 11.6. The van der Waals surface area contributed by atoms with Crippen molar-refractivity contribution in [1.29, 1.82) is 0 Å². The second-order valence-corrected chi connectivity index (χ2v) is 8.02. The Kier molecular flexibility index (Phi) is 6.09. The third kappa shape index (κ3) is 3.81. The van der Waals surface area contributed by atoms with Crippen LogP contribution in [0.2, 0.25) is 0 Å². The Morgan fingerprint density at radius 2 is 2.00 bits per heavy atom. The number of thioether (sulfide) groups is 1. The number of amides is 2. The molecule has 0 bridgehead atoms. The molecular formula is C16H19N2NaO5S. The van der Waals surface area contributed by atoms with Crippen LogP contribution in [-0.4, -0.2) is 56.6 Å². The number of nitrogens with zero attached hydrogens (tertiary/aromatic N) is 1. The van der Waals surface area contributed by atoms with Crippen LogP contribution in [0, 0.1) is 0 Å². The Morgan fingerprint density at radius 3 is 2.60 bits per heavy atom. The molecule has 0 aliphatic carbocycles. The van der Waals surface area contributed by atoms with Crippen LogP contribution in [0.1, 0.15) is 15.3 Å². The number of aliphatic carboxylic acids is 1. The van der Waals surface area contributed by atoms with Crippen molar-refractivity contribution in [3.05, 3.63) is 30.3 Å². The van der Waals surface area contributed by atoms with Gasteiger partial charge in [0.2, 0.25) is 5.91 Å². The number of carboxylic acids is 1. The van der Waals surface area contributed by atoms with E-state index in [1.807, 2.05) is 6.07 Å². The van der Waals surface area contributed by atoms with Gasteiger partial charge in [-0.15, -0.1) is 11.8 Å². The molecule has 3 rings (SSSR count). The molecule has 25 heavy (non-hydrogen) atoms. The summed E-state index contributed by atoms with van der Waals surface area (Å²) in [5.41, 5.74) is 0. The fourth-order valence-electron chi connectivity index (χ4n) is 3.03. The largest absolute Gasteiger partial charge is 1.00 e. The number of carboxylic acid groups (broad SMARTS) is 1. The first-order valence-electron chi connectivity index (χ1n) is 7.51. The maximum atomic E-state index is 12.2. The first kappa shape index (κ1) is 20.1. The van der Waals surface area contributed by atoms with Crippen molar-refractivity contribution in [2.75, 3.05) is 6.61 Å². The number of ether oxygens (including phenoxy) is 1. The number of nitrogens with one attached hydrogen (secondary N) is 1. The number of fused-ring (bicyclic) bond motifs is 1. The zero-order chi connectivity index (χ0) is 17.5. The first-order chi connectivity index (χ1) is 11.3. The Morgan fingerprint density at radius 1 is 1.36 bits per heavy atom. The molecular weight excluding hydrogens is 355 g/mol. The summed E-state index contributed by atoms with van der Waals surface area (Å²) >= 11 is 1.39. The van der Waals surface area contributed by atoms with Gasteiger partial charge in [-0.05, 0) is 26.0 Å². The van der Waals surface area contributed by atoms with E-state index in [2.05, 4.69) is 5.32 Å². The van der Waals surface area contributed by atoms with Crippen LogP contribution >= 0.6 is 11.8 Å². The molecule has 7 nitrogen and oxygen atoms in total. The minimum absolute atomic E-state index is 0. The van der Waals surface area contributed by atoms with Crippen LogP contribution in [0.25, 0.3) is 0 Å². The summed E-state index contributed by atoms with van der Waals surface area (Å²) < 4.78 is 4.74. The van der Waals surface area contributed by atoms with Gasteiger partial charge in [0.05, 0.1) is 0 Å². The topological polar surface area (TPSA) is 95.9 Å². The SMILES string of the molecule is CC1(C)S[C@@H]2[C@H](NC(=O)COc3ccccc3)C(=O)N2[C@H]1C(=O)O.[H-].[Na+]. The number of rotatable bonds is 5. The molecule has 2 aliphatic heterocycles. The fourth-order valence-corrected chi connectivity index (χ4v) is 4.65. The van der Waals surface area contributed by atoms with Crippen molar-refractivity contribution in [3.8, 4) is 5.75 Å².